The van der Waals surface area contributed by atoms with Gasteiger partial charge in [-0.2, -0.15) is 0 Å². The Bertz CT molecular complexity index is 903. The lowest BCUT2D eigenvalue weighted by atomic mass is 10.0. The van der Waals surface area contributed by atoms with Crippen molar-refractivity contribution in [2.75, 3.05) is 6.61 Å². The van der Waals surface area contributed by atoms with Crippen LogP contribution >= 0.6 is 15.9 Å². The number of rotatable bonds is 4. The van der Waals surface area contributed by atoms with Crippen LogP contribution in [0.4, 0.5) is 8.78 Å². The van der Waals surface area contributed by atoms with Crippen LogP contribution in [0.15, 0.2) is 15.3 Å². The molecule has 3 rings (SSSR count). The lowest BCUT2D eigenvalue weighted by molar-refractivity contribution is 0.0522. The van der Waals surface area contributed by atoms with Crippen LogP contribution in [0.5, 0.6) is 0 Å². The van der Waals surface area contributed by atoms with E-state index in [9.17, 15) is 18.4 Å². The number of benzene rings is 1. The van der Waals surface area contributed by atoms with E-state index in [1.54, 1.807) is 11.5 Å². The first kappa shape index (κ1) is 17.1. The van der Waals surface area contributed by atoms with Crippen LogP contribution in [0.3, 0.4) is 0 Å². The third-order valence-corrected chi connectivity index (χ3v) is 4.88. The average molecular weight is 400 g/mol. The van der Waals surface area contributed by atoms with Gasteiger partial charge < -0.3 is 9.30 Å². The summed E-state index contributed by atoms with van der Waals surface area (Å²) in [5, 5.41) is -0.0204. The first-order valence-corrected chi connectivity index (χ1v) is 8.63. The molecule has 1 heterocycles. The summed E-state index contributed by atoms with van der Waals surface area (Å²) in [6.45, 7) is 3.59. The van der Waals surface area contributed by atoms with Gasteiger partial charge in [0.05, 0.1) is 22.0 Å². The highest BCUT2D eigenvalue weighted by molar-refractivity contribution is 9.10. The molecule has 2 aromatic rings. The van der Waals surface area contributed by atoms with Gasteiger partial charge in [-0.05, 0) is 48.2 Å². The molecule has 24 heavy (non-hydrogen) atoms. The van der Waals surface area contributed by atoms with Crippen LogP contribution in [0, 0.1) is 11.6 Å². The molecule has 0 aliphatic heterocycles. The molecule has 1 fully saturated rings. The third kappa shape index (κ3) is 2.55. The second-order valence-corrected chi connectivity index (χ2v) is 6.50. The number of hydrogen-bond acceptors (Lipinski definition) is 3. The standard InChI is InChI=1S/C17H16BrF2NO3/c1-3-11-12(17(23)24-4-2)16(22)9-7-10(19)14(20)13(18)15(9)21(11)8-5-6-8/h7-8H,3-6H2,1-2H3. The Morgan fingerprint density at radius 2 is 2.04 bits per heavy atom. The minimum atomic E-state index is -1.13. The molecule has 7 heteroatoms. The van der Waals surface area contributed by atoms with E-state index in [0.29, 0.717) is 17.6 Å². The van der Waals surface area contributed by atoms with Crippen molar-refractivity contribution in [2.45, 2.75) is 39.2 Å². The molecule has 0 spiro atoms. The van der Waals surface area contributed by atoms with Gasteiger partial charge in [-0.1, -0.05) is 6.92 Å². The number of hydrogen-bond donors (Lipinski definition) is 0. The van der Waals surface area contributed by atoms with E-state index in [1.807, 2.05) is 6.92 Å². The maximum absolute atomic E-state index is 14.0. The zero-order valence-electron chi connectivity index (χ0n) is 13.3. The van der Waals surface area contributed by atoms with Crippen LogP contribution in [-0.4, -0.2) is 17.1 Å². The van der Waals surface area contributed by atoms with E-state index >= 15 is 0 Å². The SMILES string of the molecule is CCOC(=O)c1c(CC)n(C2CC2)c2c(Br)c(F)c(F)cc2c1=O. The average Bonchev–Trinajstić information content (AvgIpc) is 3.37. The summed E-state index contributed by atoms with van der Waals surface area (Å²) in [5.74, 6) is -2.90. The van der Waals surface area contributed by atoms with Gasteiger partial charge in [0.2, 0.25) is 5.43 Å². The molecular weight excluding hydrogens is 384 g/mol. The highest BCUT2D eigenvalue weighted by atomic mass is 79.9. The number of pyridine rings is 1. The Morgan fingerprint density at radius 1 is 1.38 bits per heavy atom. The molecule has 128 valence electrons. The predicted molar refractivity (Wildman–Crippen MR) is 89.4 cm³/mol. The summed E-state index contributed by atoms with van der Waals surface area (Å²) in [5.41, 5.74) is 0.0833. The quantitative estimate of drug-likeness (QED) is 0.573. The number of aromatic nitrogens is 1. The number of halogens is 3. The Morgan fingerprint density at radius 3 is 2.58 bits per heavy atom. The molecule has 1 aromatic carbocycles. The monoisotopic (exact) mass is 399 g/mol. The zero-order chi connectivity index (χ0) is 17.6. The summed E-state index contributed by atoms with van der Waals surface area (Å²) in [4.78, 5) is 25.1. The molecule has 4 nitrogen and oxygen atoms in total. The fourth-order valence-electron chi connectivity index (χ4n) is 3.01. The van der Waals surface area contributed by atoms with E-state index in [0.717, 1.165) is 18.9 Å². The maximum atomic E-state index is 14.0. The fraction of sp³-hybridized carbons (Fsp3) is 0.412. The van der Waals surface area contributed by atoms with Gasteiger partial charge in [0, 0.05) is 11.7 Å². The summed E-state index contributed by atoms with van der Waals surface area (Å²) in [6, 6.07) is 0.927. The summed E-state index contributed by atoms with van der Waals surface area (Å²) in [7, 11) is 0. The Hall–Kier alpha value is -1.76. The molecule has 1 aliphatic carbocycles. The van der Waals surface area contributed by atoms with Gasteiger partial charge in [0.1, 0.15) is 5.56 Å². The van der Waals surface area contributed by atoms with Gasteiger partial charge in [0.25, 0.3) is 0 Å². The normalized spacial score (nSPS) is 14.2. The van der Waals surface area contributed by atoms with Gasteiger partial charge in [-0.3, -0.25) is 4.79 Å². The van der Waals surface area contributed by atoms with Gasteiger partial charge in [-0.15, -0.1) is 0 Å². The highest BCUT2D eigenvalue weighted by Crippen LogP contribution is 2.41. The molecule has 0 N–H and O–H groups in total. The topological polar surface area (TPSA) is 48.3 Å². The molecule has 0 radical (unpaired) electrons. The Labute approximate surface area is 145 Å². The van der Waals surface area contributed by atoms with Crippen LogP contribution < -0.4 is 5.43 Å². The van der Waals surface area contributed by atoms with E-state index in [2.05, 4.69) is 15.9 Å². The summed E-state index contributed by atoms with van der Waals surface area (Å²) < 4.78 is 34.6. The van der Waals surface area contributed by atoms with Crippen molar-refractivity contribution in [3.8, 4) is 0 Å². The predicted octanol–water partition coefficient (Wildman–Crippen LogP) is 4.12. The first-order valence-electron chi connectivity index (χ1n) is 7.84. The van der Waals surface area contributed by atoms with Gasteiger partial charge in [-0.25, -0.2) is 13.6 Å². The number of carbonyl (C=O) groups is 1. The van der Waals surface area contributed by atoms with Crippen molar-refractivity contribution >= 4 is 32.8 Å². The van der Waals surface area contributed by atoms with Crippen LogP contribution in [0.25, 0.3) is 10.9 Å². The van der Waals surface area contributed by atoms with Crippen LogP contribution in [0.1, 0.15) is 48.8 Å². The summed E-state index contributed by atoms with van der Waals surface area (Å²) >= 11 is 3.08. The van der Waals surface area contributed by atoms with Crippen molar-refractivity contribution in [2.24, 2.45) is 0 Å². The molecule has 0 bridgehead atoms. The highest BCUT2D eigenvalue weighted by Gasteiger charge is 2.33. The van der Waals surface area contributed by atoms with Crippen LogP contribution in [-0.2, 0) is 11.2 Å². The maximum Gasteiger partial charge on any atom is 0.343 e. The molecule has 1 aromatic heterocycles. The van der Waals surface area contributed by atoms with Crippen molar-refractivity contribution in [1.29, 1.82) is 0 Å². The molecule has 0 atom stereocenters. The number of carbonyl (C=O) groups excluding carboxylic acids is 1. The molecule has 0 amide bonds. The number of ether oxygens (including phenoxy) is 1. The minimum Gasteiger partial charge on any atom is -0.462 e. The van der Waals surface area contributed by atoms with Gasteiger partial charge in [0.15, 0.2) is 11.6 Å². The fourth-order valence-corrected chi connectivity index (χ4v) is 3.61. The van der Waals surface area contributed by atoms with E-state index < -0.39 is 23.0 Å². The van der Waals surface area contributed by atoms with E-state index in [-0.39, 0.29) is 28.1 Å². The van der Waals surface area contributed by atoms with E-state index in [4.69, 9.17) is 4.74 Å². The smallest absolute Gasteiger partial charge is 0.343 e. The first-order chi connectivity index (χ1) is 11.4. The second-order valence-electron chi connectivity index (χ2n) is 5.71. The second kappa shape index (κ2) is 6.27. The van der Waals surface area contributed by atoms with Gasteiger partial charge >= 0.3 is 5.97 Å². The molecule has 0 saturated heterocycles. The van der Waals surface area contributed by atoms with Crippen molar-refractivity contribution < 1.29 is 18.3 Å². The van der Waals surface area contributed by atoms with Crippen molar-refractivity contribution in [1.82, 2.24) is 4.57 Å². The Balaban J connectivity index is 2.50. The molecule has 0 unspecified atom stereocenters. The third-order valence-electron chi connectivity index (χ3n) is 4.15. The van der Waals surface area contributed by atoms with E-state index in [1.165, 1.54) is 0 Å². The minimum absolute atomic E-state index is 0.0204. The van der Waals surface area contributed by atoms with Crippen molar-refractivity contribution in [3.05, 3.63) is 43.7 Å². The van der Waals surface area contributed by atoms with Crippen LogP contribution in [0.2, 0.25) is 0 Å². The van der Waals surface area contributed by atoms with Crippen molar-refractivity contribution in [3.63, 3.8) is 0 Å². The lowest BCUT2D eigenvalue weighted by Gasteiger charge is -2.20. The number of nitrogens with zero attached hydrogens (tertiary/aromatic N) is 1. The summed E-state index contributed by atoms with van der Waals surface area (Å²) in [6.07, 6.45) is 2.12. The molecule has 1 saturated carbocycles. The lowest BCUT2D eigenvalue weighted by Crippen LogP contribution is -2.26. The zero-order valence-corrected chi connectivity index (χ0v) is 14.9. The number of fused-ring (bicyclic) bond motifs is 1. The Kier molecular flexibility index (Phi) is 4.46. The molecule has 1 aliphatic rings. The number of esters is 1. The largest absolute Gasteiger partial charge is 0.462 e. The molecular formula is C17H16BrF2NO3.